The Kier molecular flexibility index (Phi) is 6.14. The van der Waals surface area contributed by atoms with E-state index in [0.29, 0.717) is 13.1 Å². The topological polar surface area (TPSA) is 57.3 Å². The average Bonchev–Trinajstić information content (AvgIpc) is 2.36. The number of likely N-dealkylation sites (N-methyl/N-ethyl adjacent to an activating group) is 2. The predicted molar refractivity (Wildman–Crippen MR) is 73.4 cm³/mol. The fourth-order valence-corrected chi connectivity index (χ4v) is 1.58. The van der Waals surface area contributed by atoms with Gasteiger partial charge in [0.15, 0.2) is 0 Å². The van der Waals surface area contributed by atoms with Crippen LogP contribution in [0, 0.1) is 0 Å². The van der Waals surface area contributed by atoms with Gasteiger partial charge in [0, 0.05) is 20.1 Å². The SMILES string of the molecule is CCCNc1cccc(CN(C)CC(=O)NC)n1. The number of hydrogen-bond acceptors (Lipinski definition) is 4. The predicted octanol–water partition coefficient (Wildman–Crippen LogP) is 1.08. The Morgan fingerprint density at radius 2 is 2.22 bits per heavy atom. The van der Waals surface area contributed by atoms with Crippen molar-refractivity contribution in [2.45, 2.75) is 19.9 Å². The Hall–Kier alpha value is -1.62. The van der Waals surface area contributed by atoms with Crippen LogP contribution in [-0.4, -0.2) is 43.0 Å². The lowest BCUT2D eigenvalue weighted by Gasteiger charge is -2.15. The lowest BCUT2D eigenvalue weighted by molar-refractivity contribution is -0.121. The molecular formula is C13H22N4O. The van der Waals surface area contributed by atoms with Crippen LogP contribution in [0.3, 0.4) is 0 Å². The number of anilines is 1. The minimum absolute atomic E-state index is 0.0118. The number of carbonyl (C=O) groups is 1. The second kappa shape index (κ2) is 7.66. The molecule has 0 aliphatic heterocycles. The first kappa shape index (κ1) is 14.4. The van der Waals surface area contributed by atoms with E-state index in [4.69, 9.17) is 0 Å². The van der Waals surface area contributed by atoms with E-state index < -0.39 is 0 Å². The number of amides is 1. The zero-order valence-electron chi connectivity index (χ0n) is 11.4. The molecule has 0 aromatic carbocycles. The molecule has 1 aromatic heterocycles. The Bertz CT molecular complexity index is 381. The molecule has 0 saturated heterocycles. The monoisotopic (exact) mass is 250 g/mol. The molecule has 0 aliphatic rings. The van der Waals surface area contributed by atoms with Crippen molar-refractivity contribution in [2.24, 2.45) is 0 Å². The van der Waals surface area contributed by atoms with Gasteiger partial charge < -0.3 is 10.6 Å². The molecule has 2 N–H and O–H groups in total. The summed E-state index contributed by atoms with van der Waals surface area (Å²) in [6.07, 6.45) is 1.07. The van der Waals surface area contributed by atoms with E-state index in [1.54, 1.807) is 7.05 Å². The van der Waals surface area contributed by atoms with Crippen molar-refractivity contribution in [3.8, 4) is 0 Å². The third-order valence-corrected chi connectivity index (χ3v) is 2.49. The summed E-state index contributed by atoms with van der Waals surface area (Å²) in [5.74, 6) is 0.903. The van der Waals surface area contributed by atoms with Gasteiger partial charge in [0.2, 0.25) is 5.91 Å². The van der Waals surface area contributed by atoms with Gasteiger partial charge in [-0.1, -0.05) is 13.0 Å². The summed E-state index contributed by atoms with van der Waals surface area (Å²) in [6.45, 7) is 4.08. The number of aromatic nitrogens is 1. The van der Waals surface area contributed by atoms with Gasteiger partial charge in [-0.05, 0) is 25.6 Å². The molecule has 0 fully saturated rings. The van der Waals surface area contributed by atoms with Crippen LogP contribution >= 0.6 is 0 Å². The largest absolute Gasteiger partial charge is 0.370 e. The summed E-state index contributed by atoms with van der Waals surface area (Å²) in [5, 5.41) is 5.86. The number of carbonyl (C=O) groups excluding carboxylic acids is 1. The molecule has 0 radical (unpaired) electrons. The fourth-order valence-electron chi connectivity index (χ4n) is 1.58. The van der Waals surface area contributed by atoms with Crippen molar-refractivity contribution in [1.82, 2.24) is 15.2 Å². The van der Waals surface area contributed by atoms with Gasteiger partial charge in [-0.25, -0.2) is 4.98 Å². The smallest absolute Gasteiger partial charge is 0.233 e. The Morgan fingerprint density at radius 3 is 2.89 bits per heavy atom. The summed E-state index contributed by atoms with van der Waals surface area (Å²) in [5.41, 5.74) is 0.961. The maximum atomic E-state index is 11.2. The number of nitrogens with one attached hydrogen (secondary N) is 2. The lowest BCUT2D eigenvalue weighted by Crippen LogP contribution is -2.32. The maximum absolute atomic E-state index is 11.2. The van der Waals surface area contributed by atoms with Crippen LogP contribution in [0.2, 0.25) is 0 Å². The number of nitrogens with zero attached hydrogens (tertiary/aromatic N) is 2. The van der Waals surface area contributed by atoms with Crippen LogP contribution in [0.25, 0.3) is 0 Å². The van der Waals surface area contributed by atoms with Gasteiger partial charge in [-0.3, -0.25) is 9.69 Å². The molecule has 1 amide bonds. The first-order chi connectivity index (χ1) is 8.65. The molecule has 1 rings (SSSR count). The van der Waals surface area contributed by atoms with Crippen LogP contribution in [0.15, 0.2) is 18.2 Å². The van der Waals surface area contributed by atoms with E-state index in [-0.39, 0.29) is 5.91 Å². The van der Waals surface area contributed by atoms with E-state index in [1.165, 1.54) is 0 Å². The second-order valence-electron chi connectivity index (χ2n) is 4.29. The standard InChI is InChI=1S/C13H22N4O/c1-4-8-15-12-7-5-6-11(16-12)9-17(3)10-13(18)14-2/h5-7H,4,8-10H2,1-3H3,(H,14,18)(H,15,16). The zero-order chi connectivity index (χ0) is 13.4. The molecule has 0 aliphatic carbocycles. The Labute approximate surface area is 109 Å². The molecule has 0 spiro atoms. The fraction of sp³-hybridized carbons (Fsp3) is 0.538. The van der Waals surface area contributed by atoms with Crippen molar-refractivity contribution >= 4 is 11.7 Å². The highest BCUT2D eigenvalue weighted by Crippen LogP contribution is 2.06. The molecule has 0 bridgehead atoms. The highest BCUT2D eigenvalue weighted by Gasteiger charge is 2.06. The third-order valence-electron chi connectivity index (χ3n) is 2.49. The molecule has 18 heavy (non-hydrogen) atoms. The number of rotatable bonds is 7. The second-order valence-corrected chi connectivity index (χ2v) is 4.29. The van der Waals surface area contributed by atoms with Gasteiger partial charge in [0.05, 0.1) is 12.2 Å². The van der Waals surface area contributed by atoms with Gasteiger partial charge in [0.25, 0.3) is 0 Å². The molecule has 5 heteroatoms. The Morgan fingerprint density at radius 1 is 1.44 bits per heavy atom. The molecule has 0 saturated carbocycles. The van der Waals surface area contributed by atoms with Crippen molar-refractivity contribution in [3.05, 3.63) is 23.9 Å². The quantitative estimate of drug-likeness (QED) is 0.760. The van der Waals surface area contributed by atoms with Crippen LogP contribution in [0.4, 0.5) is 5.82 Å². The zero-order valence-corrected chi connectivity index (χ0v) is 11.4. The summed E-state index contributed by atoms with van der Waals surface area (Å²) >= 11 is 0. The van der Waals surface area contributed by atoms with Crippen molar-refractivity contribution < 1.29 is 4.79 Å². The third kappa shape index (κ3) is 5.14. The maximum Gasteiger partial charge on any atom is 0.233 e. The number of hydrogen-bond donors (Lipinski definition) is 2. The van der Waals surface area contributed by atoms with E-state index in [0.717, 1.165) is 24.5 Å². The molecule has 5 nitrogen and oxygen atoms in total. The molecule has 1 heterocycles. The summed E-state index contributed by atoms with van der Waals surface area (Å²) < 4.78 is 0. The van der Waals surface area contributed by atoms with Crippen molar-refractivity contribution in [2.75, 3.05) is 32.5 Å². The van der Waals surface area contributed by atoms with Crippen LogP contribution in [0.5, 0.6) is 0 Å². The molecule has 1 aromatic rings. The van der Waals surface area contributed by atoms with Crippen LogP contribution in [0.1, 0.15) is 19.0 Å². The van der Waals surface area contributed by atoms with E-state index >= 15 is 0 Å². The van der Waals surface area contributed by atoms with Crippen LogP contribution in [-0.2, 0) is 11.3 Å². The Balaban J connectivity index is 2.53. The summed E-state index contributed by atoms with van der Waals surface area (Å²) in [6, 6.07) is 5.91. The van der Waals surface area contributed by atoms with E-state index in [9.17, 15) is 4.79 Å². The van der Waals surface area contributed by atoms with E-state index in [1.807, 2.05) is 30.1 Å². The molecule has 0 atom stereocenters. The van der Waals surface area contributed by atoms with Crippen LogP contribution < -0.4 is 10.6 Å². The molecule has 0 unspecified atom stereocenters. The first-order valence-corrected chi connectivity index (χ1v) is 6.24. The molecule has 100 valence electrons. The highest BCUT2D eigenvalue weighted by molar-refractivity contribution is 5.77. The van der Waals surface area contributed by atoms with Gasteiger partial charge >= 0.3 is 0 Å². The van der Waals surface area contributed by atoms with Crippen molar-refractivity contribution in [1.29, 1.82) is 0 Å². The minimum atomic E-state index is 0.0118. The van der Waals surface area contributed by atoms with Gasteiger partial charge in [-0.2, -0.15) is 0 Å². The highest BCUT2D eigenvalue weighted by atomic mass is 16.1. The van der Waals surface area contributed by atoms with Gasteiger partial charge in [-0.15, -0.1) is 0 Å². The first-order valence-electron chi connectivity index (χ1n) is 6.24. The lowest BCUT2D eigenvalue weighted by atomic mass is 10.3. The summed E-state index contributed by atoms with van der Waals surface area (Å²) in [4.78, 5) is 17.7. The minimum Gasteiger partial charge on any atom is -0.370 e. The molecular weight excluding hydrogens is 228 g/mol. The van der Waals surface area contributed by atoms with E-state index in [2.05, 4.69) is 22.5 Å². The van der Waals surface area contributed by atoms with Gasteiger partial charge in [0.1, 0.15) is 5.82 Å². The van der Waals surface area contributed by atoms with Crippen molar-refractivity contribution in [3.63, 3.8) is 0 Å². The normalized spacial score (nSPS) is 10.4. The average molecular weight is 250 g/mol. The summed E-state index contributed by atoms with van der Waals surface area (Å²) in [7, 11) is 3.55. The number of pyridine rings is 1.